The Balaban J connectivity index is 2.62. The monoisotopic (exact) mass is 298 g/mol. The topological polar surface area (TPSA) is 52.6 Å². The summed E-state index contributed by atoms with van der Waals surface area (Å²) in [5, 5.41) is 13.7. The van der Waals surface area contributed by atoms with Gasteiger partial charge in [-0.05, 0) is 30.1 Å². The first-order valence-corrected chi connectivity index (χ1v) is 8.25. The Bertz CT molecular complexity index is 336. The highest BCUT2D eigenvalue weighted by atomic mass is 16.3. The summed E-state index contributed by atoms with van der Waals surface area (Å²) >= 11 is 0. The molecule has 4 heteroatoms. The summed E-state index contributed by atoms with van der Waals surface area (Å²) in [6.45, 7) is 14.9. The minimum atomic E-state index is -0.273. The van der Waals surface area contributed by atoms with Crippen LogP contribution in [-0.2, 0) is 4.79 Å². The number of hydrogen-bond acceptors (Lipinski definition) is 3. The van der Waals surface area contributed by atoms with Crippen molar-refractivity contribution in [3.05, 3.63) is 0 Å². The van der Waals surface area contributed by atoms with E-state index in [4.69, 9.17) is 0 Å². The summed E-state index contributed by atoms with van der Waals surface area (Å²) in [4.78, 5) is 13.7. The second-order valence-corrected chi connectivity index (χ2v) is 8.21. The van der Waals surface area contributed by atoms with Crippen molar-refractivity contribution in [2.45, 2.75) is 66.5 Å². The van der Waals surface area contributed by atoms with Gasteiger partial charge in [-0.2, -0.15) is 0 Å². The van der Waals surface area contributed by atoms with Crippen LogP contribution in [0.2, 0.25) is 0 Å². The summed E-state index contributed by atoms with van der Waals surface area (Å²) in [6, 6.07) is 0.339. The van der Waals surface area contributed by atoms with Crippen LogP contribution in [-0.4, -0.2) is 47.7 Å². The Morgan fingerprint density at radius 3 is 2.43 bits per heavy atom. The first kappa shape index (κ1) is 18.4. The molecule has 3 unspecified atom stereocenters. The zero-order valence-corrected chi connectivity index (χ0v) is 14.6. The molecule has 0 bridgehead atoms. The van der Waals surface area contributed by atoms with E-state index in [2.05, 4.69) is 26.1 Å². The van der Waals surface area contributed by atoms with Gasteiger partial charge in [0.05, 0.1) is 6.10 Å². The van der Waals surface area contributed by atoms with E-state index in [1.165, 1.54) is 0 Å². The van der Waals surface area contributed by atoms with Gasteiger partial charge in [0.15, 0.2) is 0 Å². The maximum atomic E-state index is 11.7. The van der Waals surface area contributed by atoms with Crippen molar-refractivity contribution in [3.8, 4) is 0 Å². The van der Waals surface area contributed by atoms with Crippen LogP contribution < -0.4 is 5.32 Å². The predicted octanol–water partition coefficient (Wildman–Crippen LogP) is 2.27. The predicted molar refractivity (Wildman–Crippen MR) is 87.1 cm³/mol. The molecule has 0 aromatic carbocycles. The second kappa shape index (κ2) is 7.59. The van der Waals surface area contributed by atoms with Gasteiger partial charge < -0.3 is 15.3 Å². The number of carbonyl (C=O) groups is 1. The molecule has 4 nitrogen and oxygen atoms in total. The van der Waals surface area contributed by atoms with Crippen LogP contribution in [0.3, 0.4) is 0 Å². The fraction of sp³-hybridized carbons (Fsp3) is 0.941. The molecule has 0 saturated carbocycles. The van der Waals surface area contributed by atoms with Crippen LogP contribution in [0.1, 0.15) is 54.4 Å². The van der Waals surface area contributed by atoms with E-state index in [9.17, 15) is 9.90 Å². The third-order valence-corrected chi connectivity index (χ3v) is 4.25. The molecule has 1 amide bonds. The molecule has 0 aromatic rings. The molecule has 0 aromatic heterocycles. The van der Waals surface area contributed by atoms with Gasteiger partial charge in [-0.15, -0.1) is 0 Å². The number of rotatable bonds is 5. The molecule has 21 heavy (non-hydrogen) atoms. The maximum Gasteiger partial charge on any atom is 0.219 e. The molecule has 3 atom stereocenters. The van der Waals surface area contributed by atoms with Crippen LogP contribution in [0.15, 0.2) is 0 Å². The van der Waals surface area contributed by atoms with E-state index in [1.54, 1.807) is 6.92 Å². The van der Waals surface area contributed by atoms with Gasteiger partial charge >= 0.3 is 0 Å². The van der Waals surface area contributed by atoms with E-state index in [0.29, 0.717) is 12.0 Å². The molecule has 1 rings (SSSR count). The Morgan fingerprint density at radius 2 is 1.95 bits per heavy atom. The van der Waals surface area contributed by atoms with Crippen molar-refractivity contribution in [3.63, 3.8) is 0 Å². The molecule has 2 N–H and O–H groups in total. The van der Waals surface area contributed by atoms with Crippen molar-refractivity contribution in [2.75, 3.05) is 19.6 Å². The van der Waals surface area contributed by atoms with E-state index in [0.717, 1.165) is 32.5 Å². The van der Waals surface area contributed by atoms with Gasteiger partial charge in [0.25, 0.3) is 0 Å². The molecular weight excluding hydrogens is 264 g/mol. The maximum absolute atomic E-state index is 11.7. The molecule has 124 valence electrons. The van der Waals surface area contributed by atoms with Gasteiger partial charge in [0.1, 0.15) is 0 Å². The molecular formula is C17H34N2O2. The number of nitrogens with zero attached hydrogens (tertiary/aromatic N) is 1. The molecule has 1 saturated heterocycles. The molecule has 1 heterocycles. The van der Waals surface area contributed by atoms with Crippen LogP contribution in [0.5, 0.6) is 0 Å². The zero-order chi connectivity index (χ0) is 16.2. The average Bonchev–Trinajstić information content (AvgIpc) is 2.35. The summed E-state index contributed by atoms with van der Waals surface area (Å²) in [5.41, 5.74) is 0.242. The van der Waals surface area contributed by atoms with Crippen molar-refractivity contribution >= 4 is 5.91 Å². The third-order valence-electron chi connectivity index (χ3n) is 4.25. The number of aliphatic hydroxyl groups excluding tert-OH is 1. The van der Waals surface area contributed by atoms with Crippen molar-refractivity contribution < 1.29 is 9.90 Å². The summed E-state index contributed by atoms with van der Waals surface area (Å²) < 4.78 is 0. The van der Waals surface area contributed by atoms with E-state index in [1.807, 2.05) is 18.7 Å². The number of piperidine rings is 1. The van der Waals surface area contributed by atoms with Crippen molar-refractivity contribution in [1.82, 2.24) is 10.2 Å². The Hall–Kier alpha value is -0.610. The molecule has 0 aliphatic carbocycles. The van der Waals surface area contributed by atoms with E-state index in [-0.39, 0.29) is 23.3 Å². The van der Waals surface area contributed by atoms with E-state index >= 15 is 0 Å². The molecule has 1 aliphatic heterocycles. The van der Waals surface area contributed by atoms with Gasteiger partial charge in [0.2, 0.25) is 5.91 Å². The first-order chi connectivity index (χ1) is 9.58. The smallest absolute Gasteiger partial charge is 0.219 e. The van der Waals surface area contributed by atoms with Gasteiger partial charge in [-0.1, -0.05) is 34.6 Å². The standard InChI is InChI=1S/C17H34N2O2/c1-12(2)16(21)8-14-7-15(18-11-17(4,5)6)10-19(9-14)13(3)20/h12,14-16,18,21H,7-11H2,1-6H3. The highest BCUT2D eigenvalue weighted by Crippen LogP contribution is 2.24. The number of amides is 1. The minimum absolute atomic E-state index is 0.140. The van der Waals surface area contributed by atoms with Crippen LogP contribution in [0, 0.1) is 17.3 Å². The Labute approximate surface area is 130 Å². The molecule has 0 radical (unpaired) electrons. The fourth-order valence-electron chi connectivity index (χ4n) is 2.84. The number of carbonyl (C=O) groups excluding carboxylic acids is 1. The first-order valence-electron chi connectivity index (χ1n) is 8.25. The fourth-order valence-corrected chi connectivity index (χ4v) is 2.84. The third kappa shape index (κ3) is 6.79. The minimum Gasteiger partial charge on any atom is -0.393 e. The SMILES string of the molecule is CC(=O)N1CC(CC(O)C(C)C)CC(NCC(C)(C)C)C1. The highest BCUT2D eigenvalue weighted by Gasteiger charge is 2.30. The number of likely N-dealkylation sites (tertiary alicyclic amines) is 1. The highest BCUT2D eigenvalue weighted by molar-refractivity contribution is 5.73. The van der Waals surface area contributed by atoms with E-state index < -0.39 is 0 Å². The van der Waals surface area contributed by atoms with Crippen LogP contribution in [0.25, 0.3) is 0 Å². The lowest BCUT2D eigenvalue weighted by molar-refractivity contribution is -0.131. The van der Waals surface area contributed by atoms with Crippen molar-refractivity contribution in [1.29, 1.82) is 0 Å². The Morgan fingerprint density at radius 1 is 1.33 bits per heavy atom. The molecule has 1 fully saturated rings. The number of hydrogen-bond donors (Lipinski definition) is 2. The molecule has 1 aliphatic rings. The largest absolute Gasteiger partial charge is 0.393 e. The lowest BCUT2D eigenvalue weighted by Crippen LogP contribution is -2.52. The lowest BCUT2D eigenvalue weighted by Gasteiger charge is -2.39. The van der Waals surface area contributed by atoms with Crippen LogP contribution in [0.4, 0.5) is 0 Å². The summed E-state index contributed by atoms with van der Waals surface area (Å²) in [5.74, 6) is 0.803. The van der Waals surface area contributed by atoms with Gasteiger partial charge in [-0.25, -0.2) is 0 Å². The number of aliphatic hydroxyl groups is 1. The normalized spacial score (nSPS) is 25.2. The lowest BCUT2D eigenvalue weighted by atomic mass is 9.86. The van der Waals surface area contributed by atoms with Crippen molar-refractivity contribution in [2.24, 2.45) is 17.3 Å². The summed E-state index contributed by atoms with van der Waals surface area (Å²) in [6.07, 6.45) is 1.56. The van der Waals surface area contributed by atoms with Crippen LogP contribution >= 0.6 is 0 Å². The quantitative estimate of drug-likeness (QED) is 0.818. The zero-order valence-electron chi connectivity index (χ0n) is 14.6. The number of nitrogens with one attached hydrogen (secondary N) is 1. The Kier molecular flexibility index (Phi) is 6.67. The second-order valence-electron chi connectivity index (χ2n) is 8.21. The average molecular weight is 298 g/mol. The summed E-state index contributed by atoms with van der Waals surface area (Å²) in [7, 11) is 0. The molecule has 0 spiro atoms. The van der Waals surface area contributed by atoms with Gasteiger partial charge in [-0.3, -0.25) is 4.79 Å². The van der Waals surface area contributed by atoms with Gasteiger partial charge in [0, 0.05) is 32.6 Å².